The van der Waals surface area contributed by atoms with Crippen LogP contribution in [0.4, 0.5) is 0 Å². The number of nitrogens with zero attached hydrogens (tertiary/aromatic N) is 4. The minimum atomic E-state index is -0.769. The maximum absolute atomic E-state index is 12.8. The van der Waals surface area contributed by atoms with Crippen molar-refractivity contribution in [3.63, 3.8) is 0 Å². The number of aldehydes is 1. The SMILES string of the molecule is C=CC(=O)N1CCC[N-]CC1.CCn1c(-c2ccccc2CCOC)c(CC(C)(C)COC=O)c2cc(-c3cc(O)cc(CC(C=O)NC(=O)C([N-]C)C(C)C)c3)ccc21.CNNC1CCC1.[Y]. The van der Waals surface area contributed by atoms with Crippen molar-refractivity contribution in [3.05, 3.63) is 101 Å². The average Bonchev–Trinajstić information content (AvgIpc) is 3.41. The van der Waals surface area contributed by atoms with Crippen molar-refractivity contribution in [1.29, 1.82) is 0 Å². The van der Waals surface area contributed by atoms with Gasteiger partial charge in [0.25, 0.3) is 6.47 Å². The molecule has 1 aromatic heterocycles. The molecule has 15 heteroatoms. The number of rotatable bonds is 21. The summed E-state index contributed by atoms with van der Waals surface area (Å²) in [6, 6.07) is 19.5. The van der Waals surface area contributed by atoms with Gasteiger partial charge in [0.05, 0.1) is 24.9 Å². The molecule has 0 spiro atoms. The van der Waals surface area contributed by atoms with Gasteiger partial charge in [-0.15, -0.1) is 13.1 Å². The summed E-state index contributed by atoms with van der Waals surface area (Å²) in [4.78, 5) is 48.9. The van der Waals surface area contributed by atoms with Crippen LogP contribution in [-0.4, -0.2) is 118 Å². The van der Waals surface area contributed by atoms with Gasteiger partial charge in [-0.1, -0.05) is 95.5 Å². The molecule has 2 unspecified atom stereocenters. The Morgan fingerprint density at radius 3 is 2.38 bits per heavy atom. The smallest absolute Gasteiger partial charge is 0.293 e. The van der Waals surface area contributed by atoms with Crippen LogP contribution in [0.25, 0.3) is 43.9 Å². The second-order valence-electron chi connectivity index (χ2n) is 18.3. The molecule has 2 atom stereocenters. The third-order valence-corrected chi connectivity index (χ3v) is 12.2. The van der Waals surface area contributed by atoms with Crippen molar-refractivity contribution in [1.82, 2.24) is 25.6 Å². The van der Waals surface area contributed by atoms with Crippen molar-refractivity contribution in [2.24, 2.45) is 11.3 Å². The Kier molecular flexibility index (Phi) is 25.3. The van der Waals surface area contributed by atoms with E-state index in [9.17, 15) is 24.3 Å². The Labute approximate surface area is 430 Å². The van der Waals surface area contributed by atoms with Crippen LogP contribution in [0.3, 0.4) is 0 Å². The van der Waals surface area contributed by atoms with Gasteiger partial charge in [0.1, 0.15) is 12.0 Å². The average molecular weight is 1010 g/mol. The molecule has 3 aromatic carbocycles. The molecule has 2 amide bonds. The van der Waals surface area contributed by atoms with E-state index in [-0.39, 0.29) is 74.6 Å². The first kappa shape index (κ1) is 58.0. The maximum atomic E-state index is 12.8. The Hall–Kier alpha value is -4.28. The predicted molar refractivity (Wildman–Crippen MR) is 269 cm³/mol. The van der Waals surface area contributed by atoms with Crippen LogP contribution < -0.4 is 16.2 Å². The quantitative estimate of drug-likeness (QED) is 0.0367. The number of aromatic nitrogens is 1. The summed E-state index contributed by atoms with van der Waals surface area (Å²) in [6.45, 7) is 19.0. The molecular formula is C53H75N7O7Y-2. The number of ether oxygens (including phenoxy) is 2. The molecule has 1 saturated heterocycles. The first-order chi connectivity index (χ1) is 32.2. The molecule has 1 radical (unpaired) electrons. The molecule has 14 nitrogen and oxygen atoms in total. The largest absolute Gasteiger partial charge is 0.661 e. The number of hydrogen-bond donors (Lipinski definition) is 4. The number of nitrogens with one attached hydrogen (secondary N) is 3. The van der Waals surface area contributed by atoms with E-state index < -0.39 is 12.1 Å². The maximum Gasteiger partial charge on any atom is 0.293 e. The van der Waals surface area contributed by atoms with E-state index in [1.54, 1.807) is 31.2 Å². The monoisotopic (exact) mass is 1010 g/mol. The molecule has 68 heavy (non-hydrogen) atoms. The summed E-state index contributed by atoms with van der Waals surface area (Å²) in [5.74, 6) is -0.204. The molecule has 1 aliphatic carbocycles. The number of fused-ring (bicyclic) bond motifs is 1. The van der Waals surface area contributed by atoms with Gasteiger partial charge < -0.3 is 44.8 Å². The van der Waals surface area contributed by atoms with Gasteiger partial charge in [-0.05, 0) is 104 Å². The fraction of sp³-hybridized carbons (Fsp3) is 0.509. The summed E-state index contributed by atoms with van der Waals surface area (Å²) in [5.41, 5.74) is 13.8. The fourth-order valence-corrected chi connectivity index (χ4v) is 8.62. The molecule has 369 valence electrons. The van der Waals surface area contributed by atoms with E-state index in [2.05, 4.69) is 95.1 Å². The van der Waals surface area contributed by atoms with Gasteiger partial charge in [0.15, 0.2) is 0 Å². The summed E-state index contributed by atoms with van der Waals surface area (Å²) >= 11 is 0. The number of methoxy groups -OCH3 is 1. The summed E-state index contributed by atoms with van der Waals surface area (Å²) < 4.78 is 13.1. The zero-order chi connectivity index (χ0) is 48.9. The van der Waals surface area contributed by atoms with Gasteiger partial charge in [-0.3, -0.25) is 25.2 Å². The number of phenols is 1. The molecule has 4 N–H and O–H groups in total. The first-order valence-electron chi connectivity index (χ1n) is 23.7. The van der Waals surface area contributed by atoms with Gasteiger partial charge in [0, 0.05) is 87.4 Å². The van der Waals surface area contributed by atoms with Crippen LogP contribution in [0.1, 0.15) is 77.0 Å². The van der Waals surface area contributed by atoms with E-state index in [4.69, 9.17) is 9.47 Å². The normalized spacial score (nSPS) is 14.7. The third kappa shape index (κ3) is 17.0. The molecule has 0 bridgehead atoms. The summed E-state index contributed by atoms with van der Waals surface area (Å²) in [5, 5.41) is 23.1. The number of benzene rings is 3. The van der Waals surface area contributed by atoms with Crippen molar-refractivity contribution >= 4 is 35.5 Å². The van der Waals surface area contributed by atoms with Crippen LogP contribution in [0.5, 0.6) is 5.75 Å². The van der Waals surface area contributed by atoms with Crippen molar-refractivity contribution in [3.8, 4) is 28.1 Å². The zero-order valence-corrected chi connectivity index (χ0v) is 44.5. The van der Waals surface area contributed by atoms with Crippen molar-refractivity contribution < 1.29 is 66.5 Å². The number of likely N-dealkylation sites (N-methyl/N-ethyl adjacent to an activating group) is 1. The zero-order valence-electron chi connectivity index (χ0n) is 41.7. The molecule has 1 saturated carbocycles. The van der Waals surface area contributed by atoms with Crippen LogP contribution in [0, 0.1) is 11.3 Å². The molecule has 4 aromatic rings. The molecule has 2 aliphatic rings. The Morgan fingerprint density at radius 2 is 1.78 bits per heavy atom. The van der Waals surface area contributed by atoms with Gasteiger partial charge in [-0.2, -0.15) is 7.05 Å². The predicted octanol–water partition coefficient (Wildman–Crippen LogP) is 7.92. The molecule has 1 aliphatic heterocycles. The Bertz CT molecular complexity index is 2220. The van der Waals surface area contributed by atoms with Crippen molar-refractivity contribution in [2.45, 2.75) is 104 Å². The third-order valence-electron chi connectivity index (χ3n) is 12.2. The second kappa shape index (κ2) is 29.7. The van der Waals surface area contributed by atoms with E-state index in [1.807, 2.05) is 33.0 Å². The minimum Gasteiger partial charge on any atom is -0.661 e. The number of carbonyl (C=O) groups is 4. The van der Waals surface area contributed by atoms with Crippen molar-refractivity contribution in [2.75, 3.05) is 60.6 Å². The van der Waals surface area contributed by atoms with E-state index in [1.165, 1.54) is 30.9 Å². The number of aromatic hydroxyl groups is 1. The number of hydrazine groups is 1. The number of amides is 2. The summed E-state index contributed by atoms with van der Waals surface area (Å²) in [7, 11) is 5.22. The molecule has 2 heterocycles. The van der Waals surface area contributed by atoms with Crippen LogP contribution in [-0.2, 0) is 87.2 Å². The fourth-order valence-electron chi connectivity index (χ4n) is 8.62. The van der Waals surface area contributed by atoms with E-state index in [0.717, 1.165) is 96.7 Å². The standard InChI is InChI=1S/C40H50N3O6.C8H13N2O.C5H12N2.Y/c1-8-43-36-14-13-29(30-17-27(19-32(46)20-30)18-31(23-44)42-39(47)37(41-6)26(2)3)21-34(36)35(22-40(4,5)24-49-25-45)38(43)33-12-10-9-11-28(33)15-16-48-7;1-2-8(11)10-6-3-4-9-5-7-10;1-6-7-5-3-2-4-5;/h9-14,17,19-21,23,25-26,31,37,46H,8,15-16,18,22,24H2,1-7H3,(H,42,47);2H,1,3-7H2;5-7H,2-4H2,1H3;/q2*-1;;. The number of phenolic OH excluding ortho intramolecular Hbond substituents is 1. The number of aryl methyl sites for hydroxylation is 1. The van der Waals surface area contributed by atoms with Gasteiger partial charge in [0.2, 0.25) is 11.8 Å². The minimum absolute atomic E-state index is 0. The topological polar surface area (TPSA) is 179 Å². The molecule has 6 rings (SSSR count). The number of hydrogen-bond acceptors (Lipinski definition) is 9. The number of carbonyl (C=O) groups excluding carboxylic acids is 4. The van der Waals surface area contributed by atoms with Gasteiger partial charge in [-0.25, -0.2) is 0 Å². The summed E-state index contributed by atoms with van der Waals surface area (Å²) in [6.07, 6.45) is 8.81. The second-order valence-corrected chi connectivity index (χ2v) is 18.3. The Morgan fingerprint density at radius 1 is 1.03 bits per heavy atom. The molecule has 2 fully saturated rings. The van der Waals surface area contributed by atoms with E-state index >= 15 is 0 Å². The first-order valence-corrected chi connectivity index (χ1v) is 23.7. The Balaban J connectivity index is 0.000000533. The van der Waals surface area contributed by atoms with Gasteiger partial charge >= 0.3 is 0 Å². The van der Waals surface area contributed by atoms with Crippen LogP contribution >= 0.6 is 0 Å². The van der Waals surface area contributed by atoms with Crippen LogP contribution in [0.2, 0.25) is 0 Å². The molecular weight excluding hydrogens is 936 g/mol. The van der Waals surface area contributed by atoms with E-state index in [0.29, 0.717) is 25.1 Å². The van der Waals surface area contributed by atoms with Crippen LogP contribution in [0.15, 0.2) is 73.3 Å².